The highest BCUT2D eigenvalue weighted by Gasteiger charge is 2.41. The Morgan fingerprint density at radius 3 is 2.29 bits per heavy atom. The first kappa shape index (κ1) is 20.4. The summed E-state index contributed by atoms with van der Waals surface area (Å²) in [5.41, 5.74) is 1.81. The van der Waals surface area contributed by atoms with E-state index in [1.165, 1.54) is 4.90 Å². The molecule has 0 atom stereocenters. The molecule has 1 saturated heterocycles. The van der Waals surface area contributed by atoms with Gasteiger partial charge >= 0.3 is 0 Å². The van der Waals surface area contributed by atoms with Gasteiger partial charge in [-0.05, 0) is 64.0 Å². The third-order valence-electron chi connectivity index (χ3n) is 5.66. The first-order valence-electron chi connectivity index (χ1n) is 10.2. The van der Waals surface area contributed by atoms with Gasteiger partial charge in [0.2, 0.25) is 0 Å². The summed E-state index contributed by atoms with van der Waals surface area (Å²) in [6.07, 6.45) is 2.92. The van der Waals surface area contributed by atoms with Gasteiger partial charge in [-0.15, -0.1) is 0 Å². The molecule has 1 fully saturated rings. The fourth-order valence-electron chi connectivity index (χ4n) is 3.94. The lowest BCUT2D eigenvalue weighted by atomic mass is 10.00. The van der Waals surface area contributed by atoms with Crippen molar-refractivity contribution in [3.63, 3.8) is 0 Å². The molecule has 1 aromatic carbocycles. The van der Waals surface area contributed by atoms with E-state index in [1.807, 2.05) is 43.1 Å². The molecule has 28 heavy (non-hydrogen) atoms. The molecular formula is C22H31N3O3. The molecule has 6 heteroatoms. The Morgan fingerprint density at radius 1 is 1.07 bits per heavy atom. The predicted octanol–water partition coefficient (Wildman–Crippen LogP) is 2.60. The number of piperidine rings is 1. The maximum atomic E-state index is 13.1. The van der Waals surface area contributed by atoms with Gasteiger partial charge in [0, 0.05) is 19.6 Å². The van der Waals surface area contributed by atoms with Crippen molar-refractivity contribution in [1.82, 2.24) is 14.7 Å². The Labute approximate surface area is 167 Å². The molecule has 6 nitrogen and oxygen atoms in total. The minimum absolute atomic E-state index is 0.185. The number of hydrogen-bond donors (Lipinski definition) is 0. The van der Waals surface area contributed by atoms with E-state index in [0.717, 1.165) is 43.7 Å². The first-order valence-corrected chi connectivity index (χ1v) is 10.2. The number of likely N-dealkylation sites (N-methyl/N-ethyl adjacent to an activating group) is 2. The van der Waals surface area contributed by atoms with Gasteiger partial charge in [-0.1, -0.05) is 19.1 Å². The van der Waals surface area contributed by atoms with Crippen LogP contribution >= 0.6 is 0 Å². The third-order valence-corrected chi connectivity index (χ3v) is 5.66. The van der Waals surface area contributed by atoms with E-state index in [1.54, 1.807) is 0 Å². The molecule has 2 heterocycles. The van der Waals surface area contributed by atoms with Crippen LogP contribution in [0, 0.1) is 0 Å². The van der Waals surface area contributed by atoms with Crippen molar-refractivity contribution >= 4 is 17.4 Å². The zero-order valence-electron chi connectivity index (χ0n) is 17.4. The molecule has 0 bridgehead atoms. The van der Waals surface area contributed by atoms with Crippen LogP contribution in [-0.4, -0.2) is 72.9 Å². The van der Waals surface area contributed by atoms with E-state index < -0.39 is 0 Å². The third kappa shape index (κ3) is 3.92. The Bertz CT molecular complexity index is 749. The molecular weight excluding hydrogens is 354 g/mol. The van der Waals surface area contributed by atoms with Gasteiger partial charge in [0.05, 0.1) is 12.2 Å². The molecule has 0 radical (unpaired) electrons. The summed E-state index contributed by atoms with van der Waals surface area (Å²) >= 11 is 0. The van der Waals surface area contributed by atoms with Crippen molar-refractivity contribution in [3.05, 3.63) is 35.5 Å². The molecule has 2 aliphatic heterocycles. The van der Waals surface area contributed by atoms with Crippen LogP contribution in [0.3, 0.4) is 0 Å². The highest BCUT2D eigenvalue weighted by atomic mass is 16.5. The standard InChI is InChI=1S/C22H31N3O3/c1-5-15-28-18-9-7-16(8-10-18)19-20(22(27)25(6-2)21(19)26)24(4)17-11-13-23(3)14-12-17/h7-10,17H,5-6,11-15H2,1-4H3. The number of nitrogens with zero attached hydrogens (tertiary/aromatic N) is 3. The lowest BCUT2D eigenvalue weighted by Crippen LogP contribution is -2.43. The van der Waals surface area contributed by atoms with E-state index in [2.05, 4.69) is 18.9 Å². The number of hydrogen-bond acceptors (Lipinski definition) is 5. The summed E-state index contributed by atoms with van der Waals surface area (Å²) in [4.78, 5) is 31.8. The lowest BCUT2D eigenvalue weighted by molar-refractivity contribution is -0.137. The maximum absolute atomic E-state index is 13.1. The molecule has 0 aromatic heterocycles. The SMILES string of the molecule is CCCOc1ccc(C2=C(N(C)C3CCN(C)CC3)C(=O)N(CC)C2=O)cc1. The number of ether oxygens (including phenoxy) is 1. The van der Waals surface area contributed by atoms with Crippen LogP contribution in [0.4, 0.5) is 0 Å². The van der Waals surface area contributed by atoms with Gasteiger partial charge in [0.25, 0.3) is 11.8 Å². The normalized spacial score (nSPS) is 18.9. The van der Waals surface area contributed by atoms with Crippen molar-refractivity contribution in [2.75, 3.05) is 40.3 Å². The highest BCUT2D eigenvalue weighted by molar-refractivity contribution is 6.35. The Balaban J connectivity index is 1.94. The van der Waals surface area contributed by atoms with Gasteiger partial charge in [-0.2, -0.15) is 0 Å². The monoisotopic (exact) mass is 385 g/mol. The van der Waals surface area contributed by atoms with Crippen molar-refractivity contribution in [3.8, 4) is 5.75 Å². The number of rotatable bonds is 7. The number of amides is 2. The van der Waals surface area contributed by atoms with Crippen LogP contribution in [0.25, 0.3) is 5.57 Å². The van der Waals surface area contributed by atoms with Gasteiger partial charge in [0.1, 0.15) is 11.4 Å². The average molecular weight is 386 g/mol. The summed E-state index contributed by atoms with van der Waals surface area (Å²) < 4.78 is 5.65. The largest absolute Gasteiger partial charge is 0.494 e. The molecule has 2 amide bonds. The maximum Gasteiger partial charge on any atom is 0.277 e. The summed E-state index contributed by atoms with van der Waals surface area (Å²) in [6.45, 7) is 6.94. The van der Waals surface area contributed by atoms with Crippen LogP contribution in [0.1, 0.15) is 38.7 Å². The molecule has 3 rings (SSSR count). The Kier molecular flexibility index (Phi) is 6.39. The summed E-state index contributed by atoms with van der Waals surface area (Å²) in [6, 6.07) is 7.77. The molecule has 0 spiro atoms. The number of imide groups is 1. The van der Waals surface area contributed by atoms with Crippen molar-refractivity contribution in [2.24, 2.45) is 0 Å². The van der Waals surface area contributed by atoms with Crippen LogP contribution in [0.15, 0.2) is 30.0 Å². The highest BCUT2D eigenvalue weighted by Crippen LogP contribution is 2.34. The first-order chi connectivity index (χ1) is 13.5. The molecule has 0 unspecified atom stereocenters. The minimum Gasteiger partial charge on any atom is -0.494 e. The van der Waals surface area contributed by atoms with Crippen molar-refractivity contribution in [1.29, 1.82) is 0 Å². The predicted molar refractivity (Wildman–Crippen MR) is 110 cm³/mol. The number of benzene rings is 1. The molecule has 152 valence electrons. The van der Waals surface area contributed by atoms with Crippen molar-refractivity contribution in [2.45, 2.75) is 39.2 Å². The molecule has 0 saturated carbocycles. The number of likely N-dealkylation sites (tertiary alicyclic amines) is 1. The fraction of sp³-hybridized carbons (Fsp3) is 0.545. The van der Waals surface area contributed by atoms with Gasteiger partial charge in [-0.3, -0.25) is 14.5 Å². The van der Waals surface area contributed by atoms with E-state index in [9.17, 15) is 9.59 Å². The minimum atomic E-state index is -0.204. The van der Waals surface area contributed by atoms with Gasteiger partial charge in [0.15, 0.2) is 0 Å². The molecule has 0 N–H and O–H groups in total. The number of carbonyl (C=O) groups excluding carboxylic acids is 2. The van der Waals surface area contributed by atoms with E-state index in [-0.39, 0.29) is 17.9 Å². The lowest BCUT2D eigenvalue weighted by Gasteiger charge is -2.36. The summed E-state index contributed by atoms with van der Waals surface area (Å²) in [5, 5.41) is 0. The fourth-order valence-corrected chi connectivity index (χ4v) is 3.94. The zero-order chi connectivity index (χ0) is 20.3. The second-order valence-electron chi connectivity index (χ2n) is 7.60. The van der Waals surface area contributed by atoms with E-state index in [0.29, 0.717) is 24.4 Å². The van der Waals surface area contributed by atoms with E-state index >= 15 is 0 Å². The number of carbonyl (C=O) groups is 2. The molecule has 1 aromatic rings. The topological polar surface area (TPSA) is 53.1 Å². The molecule has 2 aliphatic rings. The van der Waals surface area contributed by atoms with Crippen LogP contribution in [0.5, 0.6) is 5.75 Å². The Morgan fingerprint density at radius 2 is 1.71 bits per heavy atom. The van der Waals surface area contributed by atoms with Crippen LogP contribution in [-0.2, 0) is 9.59 Å². The van der Waals surface area contributed by atoms with Crippen molar-refractivity contribution < 1.29 is 14.3 Å². The zero-order valence-corrected chi connectivity index (χ0v) is 17.4. The van der Waals surface area contributed by atoms with E-state index in [4.69, 9.17) is 4.74 Å². The van der Waals surface area contributed by atoms with Crippen LogP contribution < -0.4 is 4.74 Å². The summed E-state index contributed by atoms with van der Waals surface area (Å²) in [7, 11) is 4.07. The quantitative estimate of drug-likeness (QED) is 0.676. The summed E-state index contributed by atoms with van der Waals surface area (Å²) in [5.74, 6) is 0.389. The smallest absolute Gasteiger partial charge is 0.277 e. The van der Waals surface area contributed by atoms with Crippen LogP contribution in [0.2, 0.25) is 0 Å². The second-order valence-corrected chi connectivity index (χ2v) is 7.60. The van der Waals surface area contributed by atoms with Gasteiger partial charge < -0.3 is 14.5 Å². The molecule has 0 aliphatic carbocycles. The Hall–Kier alpha value is -2.34. The van der Waals surface area contributed by atoms with Gasteiger partial charge in [-0.25, -0.2) is 0 Å². The second kappa shape index (κ2) is 8.78. The average Bonchev–Trinajstić information content (AvgIpc) is 2.96.